The minimum Gasteiger partial charge on any atom is -0.661 e. The fourth-order valence-electron chi connectivity index (χ4n) is 3.40. The molecular formula is C19H17FKN3O. The summed E-state index contributed by atoms with van der Waals surface area (Å²) in [6.07, 6.45) is 0.714. The monoisotopic (exact) mass is 361 g/mol. The summed E-state index contributed by atoms with van der Waals surface area (Å²) in [6, 6.07) is 10.9. The van der Waals surface area contributed by atoms with Gasteiger partial charge in [-0.25, -0.2) is 4.39 Å². The predicted octanol–water partition coefficient (Wildman–Crippen LogP) is 0.767. The summed E-state index contributed by atoms with van der Waals surface area (Å²) in [5.41, 5.74) is 5.26. The first-order chi connectivity index (χ1) is 11.7. The number of amides is 1. The van der Waals surface area contributed by atoms with Crippen LogP contribution in [0.2, 0.25) is 0 Å². The van der Waals surface area contributed by atoms with Crippen LogP contribution in [0.5, 0.6) is 0 Å². The Morgan fingerprint density at radius 3 is 2.68 bits per heavy atom. The molecule has 1 amide bonds. The molecule has 0 atom stereocenters. The van der Waals surface area contributed by atoms with Crippen molar-refractivity contribution in [1.29, 1.82) is 0 Å². The molecule has 2 aromatic carbocycles. The molecule has 1 aromatic heterocycles. The summed E-state index contributed by atoms with van der Waals surface area (Å²) < 4.78 is 13.9. The molecule has 122 valence electrons. The quantitative estimate of drug-likeness (QED) is 0.665. The van der Waals surface area contributed by atoms with E-state index in [1.54, 1.807) is 7.05 Å². The molecule has 6 heteroatoms. The molecule has 4 nitrogen and oxygen atoms in total. The van der Waals surface area contributed by atoms with Crippen molar-refractivity contribution in [1.82, 2.24) is 10.3 Å². The van der Waals surface area contributed by atoms with Crippen LogP contribution < -0.4 is 56.7 Å². The third-order valence-electron chi connectivity index (χ3n) is 4.45. The van der Waals surface area contributed by atoms with Gasteiger partial charge in [0.15, 0.2) is 0 Å². The molecule has 0 radical (unpaired) electrons. The number of aromatic nitrogens is 1. The second kappa shape index (κ2) is 7.69. The van der Waals surface area contributed by atoms with Crippen LogP contribution in [0, 0.1) is 5.82 Å². The second-order valence-electron chi connectivity index (χ2n) is 6.03. The van der Waals surface area contributed by atoms with Gasteiger partial charge in [-0.3, -0.25) is 4.79 Å². The Kier molecular flexibility index (Phi) is 5.77. The van der Waals surface area contributed by atoms with Crippen LogP contribution in [-0.2, 0) is 13.0 Å². The summed E-state index contributed by atoms with van der Waals surface area (Å²) in [5.74, 6) is -0.627. The van der Waals surface area contributed by atoms with Gasteiger partial charge in [-0.05, 0) is 29.7 Å². The smallest absolute Gasteiger partial charge is 0.661 e. The molecule has 0 spiro atoms. The zero-order valence-corrected chi connectivity index (χ0v) is 17.4. The molecule has 1 aliphatic heterocycles. The topological polar surface area (TPSA) is 59.0 Å². The molecule has 0 bridgehead atoms. The van der Waals surface area contributed by atoms with Gasteiger partial charge in [-0.15, -0.1) is 6.54 Å². The van der Waals surface area contributed by atoms with Gasteiger partial charge in [0.05, 0.1) is 5.56 Å². The number of H-pyrrole nitrogens is 1. The van der Waals surface area contributed by atoms with Crippen LogP contribution >= 0.6 is 0 Å². The van der Waals surface area contributed by atoms with E-state index in [0.29, 0.717) is 30.6 Å². The number of hydrogen-bond donors (Lipinski definition) is 2. The molecule has 2 N–H and O–H groups in total. The molecule has 4 rings (SSSR count). The number of carbonyl (C=O) groups excluding carboxylic acids is 1. The van der Waals surface area contributed by atoms with E-state index < -0.39 is 5.82 Å². The van der Waals surface area contributed by atoms with Crippen molar-refractivity contribution in [2.45, 2.75) is 13.0 Å². The number of aromatic amines is 1. The molecule has 2 heterocycles. The van der Waals surface area contributed by atoms with Crippen LogP contribution in [0.3, 0.4) is 0 Å². The number of halogens is 1. The van der Waals surface area contributed by atoms with Gasteiger partial charge in [0, 0.05) is 23.1 Å². The Hall–Kier alpha value is -1.02. The van der Waals surface area contributed by atoms with E-state index in [4.69, 9.17) is 0 Å². The average Bonchev–Trinajstić information content (AvgIpc) is 2.84. The Bertz CT molecular complexity index is 934. The number of carbonyl (C=O) groups is 1. The zero-order chi connectivity index (χ0) is 16.7. The summed E-state index contributed by atoms with van der Waals surface area (Å²) >= 11 is 0. The van der Waals surface area contributed by atoms with Crippen molar-refractivity contribution >= 4 is 16.8 Å². The van der Waals surface area contributed by atoms with Gasteiger partial charge in [-0.1, -0.05) is 29.8 Å². The Labute approximate surface area is 188 Å². The number of hydrogen-bond acceptors (Lipinski definition) is 1. The van der Waals surface area contributed by atoms with Crippen molar-refractivity contribution in [2.75, 3.05) is 13.6 Å². The summed E-state index contributed by atoms with van der Waals surface area (Å²) in [7, 11) is 1.79. The van der Waals surface area contributed by atoms with E-state index in [9.17, 15) is 9.18 Å². The maximum atomic E-state index is 13.9. The van der Waals surface area contributed by atoms with Crippen molar-refractivity contribution in [3.63, 3.8) is 0 Å². The van der Waals surface area contributed by atoms with Crippen molar-refractivity contribution in [2.24, 2.45) is 0 Å². The van der Waals surface area contributed by atoms with E-state index in [0.717, 1.165) is 27.8 Å². The normalized spacial score (nSPS) is 13.3. The molecule has 0 fully saturated rings. The molecule has 0 saturated carbocycles. The largest absolute Gasteiger partial charge is 1.00 e. The number of nitrogens with zero attached hydrogens (tertiary/aromatic N) is 1. The SMILES string of the molecule is C[N-]Cc1ccc(-c2[nH]c3cc(F)cc4c3c2CCNC4=O)cc1.[K+]. The Morgan fingerprint density at radius 2 is 1.96 bits per heavy atom. The van der Waals surface area contributed by atoms with Gasteiger partial charge in [0.25, 0.3) is 5.91 Å². The maximum absolute atomic E-state index is 13.9. The molecule has 25 heavy (non-hydrogen) atoms. The van der Waals surface area contributed by atoms with E-state index >= 15 is 0 Å². The Balaban J connectivity index is 0.00000182. The molecule has 1 aliphatic rings. The minimum atomic E-state index is -0.409. The molecule has 0 saturated heterocycles. The first-order valence-corrected chi connectivity index (χ1v) is 7.94. The van der Waals surface area contributed by atoms with E-state index in [2.05, 4.69) is 15.6 Å². The number of rotatable bonds is 3. The first-order valence-electron chi connectivity index (χ1n) is 7.94. The van der Waals surface area contributed by atoms with Crippen molar-refractivity contribution in [3.8, 4) is 11.3 Å². The summed E-state index contributed by atoms with van der Waals surface area (Å²) in [5, 5.41) is 7.80. The van der Waals surface area contributed by atoms with Crippen molar-refractivity contribution < 1.29 is 60.6 Å². The summed E-state index contributed by atoms with van der Waals surface area (Å²) in [4.78, 5) is 15.5. The van der Waals surface area contributed by atoms with Crippen LogP contribution in [0.4, 0.5) is 4.39 Å². The third kappa shape index (κ3) is 3.47. The van der Waals surface area contributed by atoms with Crippen LogP contribution in [-0.4, -0.2) is 24.5 Å². The predicted molar refractivity (Wildman–Crippen MR) is 92.7 cm³/mol. The van der Waals surface area contributed by atoms with Gasteiger partial charge in [0.1, 0.15) is 5.82 Å². The van der Waals surface area contributed by atoms with Crippen LogP contribution in [0.1, 0.15) is 21.5 Å². The van der Waals surface area contributed by atoms with E-state index in [1.807, 2.05) is 24.3 Å². The molecular weight excluding hydrogens is 344 g/mol. The standard InChI is InChI=1S/C19H17FN3O.K/c1-21-10-11-2-4-12(5-3-11)18-14-6-7-22-19(24)15-8-13(20)9-16(23-18)17(14)15;/h2-5,8-9,23H,6-7,10H2,1H3,(H,22,24);/q-1;+1. The van der Waals surface area contributed by atoms with Crippen LogP contribution in [0.15, 0.2) is 36.4 Å². The van der Waals surface area contributed by atoms with Gasteiger partial charge in [0.2, 0.25) is 0 Å². The second-order valence-corrected chi connectivity index (χ2v) is 6.03. The van der Waals surface area contributed by atoms with Crippen molar-refractivity contribution in [3.05, 3.63) is 64.2 Å². The number of benzene rings is 2. The van der Waals surface area contributed by atoms with Gasteiger partial charge in [-0.2, -0.15) is 7.05 Å². The minimum absolute atomic E-state index is 0. The summed E-state index contributed by atoms with van der Waals surface area (Å²) in [6.45, 7) is 1.23. The third-order valence-corrected chi connectivity index (χ3v) is 4.45. The maximum Gasteiger partial charge on any atom is 1.00 e. The number of nitrogens with one attached hydrogen (secondary N) is 2. The first kappa shape index (κ1) is 18.8. The van der Waals surface area contributed by atoms with Gasteiger partial charge >= 0.3 is 51.4 Å². The molecule has 0 unspecified atom stereocenters. The van der Waals surface area contributed by atoms with E-state index in [1.165, 1.54) is 12.1 Å². The molecule has 3 aromatic rings. The average molecular weight is 361 g/mol. The fourth-order valence-corrected chi connectivity index (χ4v) is 3.40. The Morgan fingerprint density at radius 1 is 1.20 bits per heavy atom. The zero-order valence-electron chi connectivity index (χ0n) is 14.3. The van der Waals surface area contributed by atoms with Gasteiger partial charge < -0.3 is 15.6 Å². The fraction of sp³-hybridized carbons (Fsp3) is 0.211. The van der Waals surface area contributed by atoms with Crippen LogP contribution in [0.25, 0.3) is 27.5 Å². The van der Waals surface area contributed by atoms with E-state index in [-0.39, 0.29) is 57.3 Å². The molecule has 0 aliphatic carbocycles.